The van der Waals surface area contributed by atoms with Crippen molar-refractivity contribution in [3.05, 3.63) is 63.4 Å². The summed E-state index contributed by atoms with van der Waals surface area (Å²) in [6.07, 6.45) is -2.57. The lowest BCUT2D eigenvalue weighted by molar-refractivity contribution is -0.175. The number of halogens is 1. The molecule has 3 aromatic rings. The number of cyclic esters (lactones) is 1. The molecule has 0 radical (unpaired) electrons. The number of nitrogens with one attached hydrogen (secondary N) is 1. The van der Waals surface area contributed by atoms with Crippen LogP contribution < -0.4 is 10.9 Å². The second-order valence-electron chi connectivity index (χ2n) is 8.19. The van der Waals surface area contributed by atoms with Crippen molar-refractivity contribution in [2.24, 2.45) is 0 Å². The average molecular weight is 605 g/mol. The summed E-state index contributed by atoms with van der Waals surface area (Å²) in [5, 5.41) is 20.7. The van der Waals surface area contributed by atoms with Crippen molar-refractivity contribution in [2.75, 3.05) is 0 Å². The van der Waals surface area contributed by atoms with Crippen LogP contribution in [-0.4, -0.2) is 49.8 Å². The number of hydrogen-bond acceptors (Lipinski definition) is 8. The summed E-state index contributed by atoms with van der Waals surface area (Å²) in [5.74, 6) is -3.78. The number of ether oxygens (including phenoxy) is 2. The number of nitrogens with zero attached hydrogens (tertiary/aromatic N) is 2. The number of amides is 1. The van der Waals surface area contributed by atoms with Gasteiger partial charge in [-0.3, -0.25) is 9.59 Å². The van der Waals surface area contributed by atoms with E-state index in [4.69, 9.17) is 19.7 Å². The van der Waals surface area contributed by atoms with Gasteiger partial charge in [0.2, 0.25) is 0 Å². The molecule has 1 unspecified atom stereocenters. The molecule has 12 nitrogen and oxygen atoms in total. The molecule has 3 N–H and O–H groups in total. The summed E-state index contributed by atoms with van der Waals surface area (Å²) in [7, 11) is 0. The van der Waals surface area contributed by atoms with Crippen LogP contribution in [-0.2, 0) is 40.6 Å². The Morgan fingerprint density at radius 2 is 1.97 bits per heavy atom. The molecular weight excluding hydrogens is 589 g/mol. The second kappa shape index (κ2) is 8.58. The van der Waals surface area contributed by atoms with Crippen LogP contribution in [0.25, 0.3) is 22.3 Å². The number of carboxylic acids is 1. The van der Waals surface area contributed by atoms with Gasteiger partial charge in [0.15, 0.2) is 0 Å². The molecule has 2 aliphatic rings. The van der Waals surface area contributed by atoms with Gasteiger partial charge in [-0.25, -0.2) is 19.4 Å². The van der Waals surface area contributed by atoms with Crippen LogP contribution in [0.5, 0.6) is 0 Å². The summed E-state index contributed by atoms with van der Waals surface area (Å²) in [6.45, 7) is -0.104. The van der Waals surface area contributed by atoms with Crippen LogP contribution in [0.4, 0.5) is 4.79 Å². The molecule has 1 amide bonds. The summed E-state index contributed by atoms with van der Waals surface area (Å²) in [5.41, 5.74) is 2.13. The van der Waals surface area contributed by atoms with Gasteiger partial charge in [0, 0.05) is 16.5 Å². The van der Waals surface area contributed by atoms with Crippen molar-refractivity contribution in [3.63, 3.8) is 0 Å². The molecular formula is C23H16IN3O9. The van der Waals surface area contributed by atoms with E-state index in [1.165, 1.54) is 33.2 Å². The third kappa shape index (κ3) is 3.84. The Bertz CT molecular complexity index is 1530. The molecule has 2 atom stereocenters. The van der Waals surface area contributed by atoms with Crippen molar-refractivity contribution in [3.8, 4) is 11.4 Å². The fourth-order valence-corrected chi connectivity index (χ4v) is 5.16. The van der Waals surface area contributed by atoms with E-state index in [1.807, 2.05) is 30.3 Å². The molecule has 13 heteroatoms. The van der Waals surface area contributed by atoms with Gasteiger partial charge >= 0.3 is 24.0 Å². The van der Waals surface area contributed by atoms with Crippen LogP contribution in [0.2, 0.25) is 0 Å². The number of benzene rings is 1. The zero-order valence-corrected chi connectivity index (χ0v) is 20.3. The number of alkyl halides is 1. The van der Waals surface area contributed by atoms with Crippen molar-refractivity contribution >= 4 is 57.5 Å². The zero-order valence-electron chi connectivity index (χ0n) is 18.2. The van der Waals surface area contributed by atoms with Crippen LogP contribution in [0.3, 0.4) is 0 Å². The normalized spacial score (nSPS) is 18.4. The van der Waals surface area contributed by atoms with Crippen molar-refractivity contribution in [1.29, 1.82) is 0 Å². The maximum Gasteiger partial charge on any atom is 0.405 e. The minimum atomic E-state index is -2.16. The average Bonchev–Trinajstić information content (AvgIpc) is 3.17. The lowest BCUT2D eigenvalue weighted by Gasteiger charge is -2.32. The third-order valence-electron chi connectivity index (χ3n) is 5.93. The quantitative estimate of drug-likeness (QED) is 0.173. The van der Waals surface area contributed by atoms with E-state index >= 15 is 0 Å². The molecule has 0 saturated heterocycles. The Kier molecular flexibility index (Phi) is 5.65. The van der Waals surface area contributed by atoms with Crippen LogP contribution >= 0.6 is 22.6 Å². The molecule has 1 aromatic carbocycles. The molecule has 0 spiro atoms. The molecule has 2 aromatic heterocycles. The number of para-hydroxylation sites is 1. The topological polar surface area (TPSA) is 174 Å². The molecule has 2 aliphatic heterocycles. The molecule has 0 bridgehead atoms. The van der Waals surface area contributed by atoms with Gasteiger partial charge in [-0.2, -0.15) is 0 Å². The Hall–Kier alpha value is -4.01. The first-order valence-electron chi connectivity index (χ1n) is 10.5. The number of aliphatic carboxylic acids is 1. The zero-order chi connectivity index (χ0) is 25.8. The summed E-state index contributed by atoms with van der Waals surface area (Å²) < 4.78 is 9.84. The lowest BCUT2D eigenvalue weighted by atomic mass is 10.00. The smallest absolute Gasteiger partial charge is 0.405 e. The molecule has 184 valence electrons. The van der Waals surface area contributed by atoms with Gasteiger partial charge in [0.1, 0.15) is 12.6 Å². The maximum absolute atomic E-state index is 13.4. The van der Waals surface area contributed by atoms with E-state index in [9.17, 15) is 24.0 Å². The molecule has 4 heterocycles. The fraction of sp³-hybridized carbons (Fsp3) is 0.217. The van der Waals surface area contributed by atoms with Gasteiger partial charge in [-0.05, 0) is 40.8 Å². The maximum atomic E-state index is 13.4. The van der Waals surface area contributed by atoms with E-state index in [2.05, 4.69) is 4.98 Å². The van der Waals surface area contributed by atoms with E-state index in [0.717, 1.165) is 10.9 Å². The highest BCUT2D eigenvalue weighted by molar-refractivity contribution is 14.1. The van der Waals surface area contributed by atoms with Crippen LogP contribution in [0.15, 0.2) is 41.2 Å². The summed E-state index contributed by atoms with van der Waals surface area (Å²) in [4.78, 5) is 65.9. The van der Waals surface area contributed by atoms with Gasteiger partial charge < -0.3 is 29.6 Å². The number of rotatable bonds is 5. The Morgan fingerprint density at radius 1 is 1.22 bits per heavy atom. The first-order chi connectivity index (χ1) is 17.1. The number of carbonyl (C=O) groups excluding carboxylic acids is 2. The van der Waals surface area contributed by atoms with E-state index in [1.54, 1.807) is 5.32 Å². The highest BCUT2D eigenvalue weighted by Crippen LogP contribution is 2.43. The Morgan fingerprint density at radius 3 is 2.69 bits per heavy atom. The highest BCUT2D eigenvalue weighted by atomic mass is 127. The van der Waals surface area contributed by atoms with Crippen molar-refractivity contribution < 1.29 is 38.9 Å². The number of esters is 2. The van der Waals surface area contributed by atoms with Gasteiger partial charge in [0.25, 0.3) is 9.17 Å². The first kappa shape index (κ1) is 23.7. The van der Waals surface area contributed by atoms with Crippen molar-refractivity contribution in [1.82, 2.24) is 14.9 Å². The standard InChI is InChI=1S/C23H16IN3O9/c24-23(36-20(31)15(7-17(28)29)26-22(33)34)13-6-16-18-11(5-10-3-1-2-4-14(10)25-18)8-27(16)19(30)12(13)9-35-21(23)32/h1-6,15,26H,7-9H2,(H,28,29)(H,33,34)/t15?,23-/m0/s1. The molecule has 36 heavy (non-hydrogen) atoms. The fourth-order valence-electron chi connectivity index (χ4n) is 4.31. The van der Waals surface area contributed by atoms with Gasteiger partial charge in [0.05, 0.1) is 35.4 Å². The molecule has 0 fully saturated rings. The minimum absolute atomic E-state index is 0.0520. The molecule has 5 rings (SSSR count). The minimum Gasteiger partial charge on any atom is -0.481 e. The monoisotopic (exact) mass is 605 g/mol. The van der Waals surface area contributed by atoms with Gasteiger partial charge in [-0.15, -0.1) is 0 Å². The second-order valence-corrected chi connectivity index (χ2v) is 9.71. The largest absolute Gasteiger partial charge is 0.481 e. The number of carboxylic acid groups (broad SMARTS) is 2. The predicted octanol–water partition coefficient (Wildman–Crippen LogP) is 1.72. The van der Waals surface area contributed by atoms with Crippen LogP contribution in [0.1, 0.15) is 23.1 Å². The number of aromatic nitrogens is 2. The molecule has 0 aliphatic carbocycles. The number of pyridine rings is 2. The number of carbonyl (C=O) groups is 4. The van der Waals surface area contributed by atoms with E-state index in [-0.39, 0.29) is 24.3 Å². The SMILES string of the molecule is O=C(O)CC(NC(=O)O)C(=O)O[C@]1(I)C(=O)OCc2c1cc1n(c2=O)Cc2cc3ccccc3nc2-1. The summed E-state index contributed by atoms with van der Waals surface area (Å²) >= 11 is 1.51. The number of fused-ring (bicyclic) bond motifs is 5. The third-order valence-corrected chi connectivity index (χ3v) is 7.17. The molecule has 0 saturated carbocycles. The first-order valence-corrected chi connectivity index (χ1v) is 11.6. The Balaban J connectivity index is 1.61. The summed E-state index contributed by atoms with van der Waals surface area (Å²) in [6, 6.07) is 9.10. The lowest BCUT2D eigenvalue weighted by Crippen LogP contribution is -2.49. The Labute approximate surface area is 215 Å². The highest BCUT2D eigenvalue weighted by Gasteiger charge is 2.50. The predicted molar refractivity (Wildman–Crippen MR) is 129 cm³/mol. The van der Waals surface area contributed by atoms with E-state index < -0.39 is 45.6 Å². The van der Waals surface area contributed by atoms with E-state index in [0.29, 0.717) is 16.9 Å². The van der Waals surface area contributed by atoms with Crippen LogP contribution in [0, 0.1) is 0 Å². The number of hydrogen-bond donors (Lipinski definition) is 3. The van der Waals surface area contributed by atoms with Crippen molar-refractivity contribution in [2.45, 2.75) is 29.2 Å². The van der Waals surface area contributed by atoms with Gasteiger partial charge in [-0.1, -0.05) is 18.2 Å².